The van der Waals surface area contributed by atoms with E-state index in [9.17, 15) is 5.11 Å². The Kier molecular flexibility index (Phi) is 7.80. The quantitative estimate of drug-likeness (QED) is 0.871. The Hall–Kier alpha value is -0.650. The van der Waals surface area contributed by atoms with E-state index in [1.54, 1.807) is 0 Å². The molecule has 2 atom stereocenters. The number of morpholine rings is 1. The zero-order chi connectivity index (χ0) is 15.3. The minimum atomic E-state index is -0.478. The summed E-state index contributed by atoms with van der Waals surface area (Å²) in [6.45, 7) is 9.58. The van der Waals surface area contributed by atoms with Crippen molar-refractivity contribution in [3.05, 3.63) is 35.9 Å². The first-order valence-corrected chi connectivity index (χ1v) is 7.66. The van der Waals surface area contributed by atoms with Gasteiger partial charge in [0.15, 0.2) is 0 Å². The smallest absolute Gasteiger partial charge is 0.0900 e. The van der Waals surface area contributed by atoms with Gasteiger partial charge in [-0.3, -0.25) is 4.90 Å². The molecule has 0 saturated carbocycles. The first-order chi connectivity index (χ1) is 9.99. The number of β-amino-alcohol motifs (C(OH)–C–C–N with tert-alkyl or cyclic N) is 1. The lowest BCUT2D eigenvalue weighted by atomic mass is 10.0. The number of aliphatic hydroxyl groups is 1. The maximum Gasteiger partial charge on any atom is 0.0900 e. The zero-order valence-corrected chi connectivity index (χ0v) is 14.5. The lowest BCUT2D eigenvalue weighted by Gasteiger charge is -2.43. The number of halogens is 1. The number of hydrogen-bond acceptors (Lipinski definition) is 4. The molecule has 1 aromatic carbocycles. The summed E-state index contributed by atoms with van der Waals surface area (Å²) in [6, 6.07) is 10.1. The molecule has 1 saturated heterocycles. The van der Waals surface area contributed by atoms with E-state index >= 15 is 0 Å². The van der Waals surface area contributed by atoms with Gasteiger partial charge in [0.05, 0.1) is 32.0 Å². The minimum absolute atomic E-state index is 0. The molecular weight excluding hydrogens is 302 g/mol. The van der Waals surface area contributed by atoms with Crippen LogP contribution in [0.25, 0.3) is 0 Å². The first-order valence-electron chi connectivity index (χ1n) is 7.66. The second kappa shape index (κ2) is 8.85. The summed E-state index contributed by atoms with van der Waals surface area (Å²) in [5, 5.41) is 10.2. The lowest BCUT2D eigenvalue weighted by molar-refractivity contribution is -0.0812. The van der Waals surface area contributed by atoms with E-state index in [0.717, 1.165) is 18.7 Å². The topological polar surface area (TPSA) is 41.9 Å². The summed E-state index contributed by atoms with van der Waals surface area (Å²) in [5.74, 6) is 0. The average molecular weight is 330 g/mol. The first kappa shape index (κ1) is 19.4. The molecule has 1 aliphatic heterocycles. The summed E-state index contributed by atoms with van der Waals surface area (Å²) in [6.07, 6.45) is -0.480. The highest BCUT2D eigenvalue weighted by Crippen LogP contribution is 2.20. The van der Waals surface area contributed by atoms with E-state index in [1.165, 1.54) is 0 Å². The van der Waals surface area contributed by atoms with Crippen LogP contribution in [-0.2, 0) is 9.47 Å². The normalized spacial score (nSPS) is 20.9. The number of nitrogens with zero attached hydrogens (tertiary/aromatic N) is 1. The molecule has 126 valence electrons. The van der Waals surface area contributed by atoms with Crippen LogP contribution in [-0.4, -0.2) is 54.6 Å². The van der Waals surface area contributed by atoms with Crippen LogP contribution in [0.4, 0.5) is 0 Å². The Morgan fingerprint density at radius 3 is 2.64 bits per heavy atom. The van der Waals surface area contributed by atoms with Crippen LogP contribution >= 0.6 is 12.4 Å². The van der Waals surface area contributed by atoms with Gasteiger partial charge in [-0.2, -0.15) is 0 Å². The van der Waals surface area contributed by atoms with Gasteiger partial charge in [-0.15, -0.1) is 12.4 Å². The minimum Gasteiger partial charge on any atom is -0.389 e. The van der Waals surface area contributed by atoms with Crippen LogP contribution in [0.5, 0.6) is 0 Å². The van der Waals surface area contributed by atoms with E-state index in [-0.39, 0.29) is 24.0 Å². The van der Waals surface area contributed by atoms with Gasteiger partial charge in [0.1, 0.15) is 0 Å². The molecule has 4 nitrogen and oxygen atoms in total. The Bertz CT molecular complexity index is 427. The van der Waals surface area contributed by atoms with E-state index < -0.39 is 6.10 Å². The molecular formula is C17H28ClNO3. The molecule has 0 spiro atoms. The predicted molar refractivity (Wildman–Crippen MR) is 90.5 cm³/mol. The number of hydrogen-bond donors (Lipinski definition) is 1. The van der Waals surface area contributed by atoms with Crippen LogP contribution < -0.4 is 0 Å². The van der Waals surface area contributed by atoms with Gasteiger partial charge in [0.2, 0.25) is 0 Å². The summed E-state index contributed by atoms with van der Waals surface area (Å²) in [5.41, 5.74) is 1.11. The third-order valence-corrected chi connectivity index (χ3v) is 4.06. The summed E-state index contributed by atoms with van der Waals surface area (Å²) in [7, 11) is 0. The third-order valence-electron chi connectivity index (χ3n) is 4.06. The highest BCUT2D eigenvalue weighted by atomic mass is 35.5. The lowest BCUT2D eigenvalue weighted by Crippen LogP contribution is -2.55. The highest BCUT2D eigenvalue weighted by Gasteiger charge is 2.31. The Labute approximate surface area is 139 Å². The third kappa shape index (κ3) is 5.52. The fourth-order valence-corrected chi connectivity index (χ4v) is 2.61. The molecule has 0 radical (unpaired) electrons. The number of ether oxygens (including phenoxy) is 2. The molecule has 22 heavy (non-hydrogen) atoms. The molecule has 1 aliphatic rings. The van der Waals surface area contributed by atoms with Crippen molar-refractivity contribution in [3.63, 3.8) is 0 Å². The Morgan fingerprint density at radius 1 is 1.32 bits per heavy atom. The summed E-state index contributed by atoms with van der Waals surface area (Å²) >= 11 is 0. The fraction of sp³-hybridized carbons (Fsp3) is 0.647. The second-order valence-corrected chi connectivity index (χ2v) is 6.35. The monoisotopic (exact) mass is 329 g/mol. The average Bonchev–Trinajstić information content (AvgIpc) is 2.48. The Balaban J connectivity index is 0.00000242. The maximum absolute atomic E-state index is 10.2. The van der Waals surface area contributed by atoms with Gasteiger partial charge in [-0.1, -0.05) is 30.3 Å². The van der Waals surface area contributed by atoms with Crippen LogP contribution in [0, 0.1) is 0 Å². The molecule has 1 N–H and O–H groups in total. The van der Waals surface area contributed by atoms with Gasteiger partial charge in [-0.05, 0) is 26.3 Å². The van der Waals surface area contributed by atoms with Crippen molar-refractivity contribution in [1.82, 2.24) is 4.90 Å². The maximum atomic E-state index is 10.2. The SMILES string of the molecule is CC(OCC(O)CN1CCOCC1(C)C)c1ccccc1.Cl. The molecule has 1 fully saturated rings. The van der Waals surface area contributed by atoms with Crippen molar-refractivity contribution in [1.29, 1.82) is 0 Å². The van der Waals surface area contributed by atoms with Gasteiger partial charge in [0.25, 0.3) is 0 Å². The van der Waals surface area contributed by atoms with E-state index in [4.69, 9.17) is 9.47 Å². The van der Waals surface area contributed by atoms with Crippen molar-refractivity contribution in [3.8, 4) is 0 Å². The fourth-order valence-electron chi connectivity index (χ4n) is 2.61. The van der Waals surface area contributed by atoms with Crippen molar-refractivity contribution in [2.75, 3.05) is 32.9 Å². The van der Waals surface area contributed by atoms with Crippen molar-refractivity contribution in [2.45, 2.75) is 38.5 Å². The number of benzene rings is 1. The van der Waals surface area contributed by atoms with Crippen molar-refractivity contribution < 1.29 is 14.6 Å². The highest BCUT2D eigenvalue weighted by molar-refractivity contribution is 5.85. The van der Waals surface area contributed by atoms with Gasteiger partial charge in [0, 0.05) is 18.6 Å². The number of rotatable bonds is 6. The number of aliphatic hydroxyl groups excluding tert-OH is 1. The van der Waals surface area contributed by atoms with E-state index in [0.29, 0.717) is 19.8 Å². The molecule has 1 aromatic rings. The molecule has 1 heterocycles. The molecule has 2 rings (SSSR count). The molecule has 2 unspecified atom stereocenters. The van der Waals surface area contributed by atoms with Crippen LogP contribution in [0.3, 0.4) is 0 Å². The predicted octanol–water partition coefficient (Wildman–Crippen LogP) is 2.66. The van der Waals surface area contributed by atoms with Crippen molar-refractivity contribution in [2.24, 2.45) is 0 Å². The van der Waals surface area contributed by atoms with Gasteiger partial charge < -0.3 is 14.6 Å². The van der Waals surface area contributed by atoms with Gasteiger partial charge >= 0.3 is 0 Å². The molecule has 0 bridgehead atoms. The summed E-state index contributed by atoms with van der Waals surface area (Å²) < 4.78 is 11.3. The molecule has 5 heteroatoms. The van der Waals surface area contributed by atoms with E-state index in [2.05, 4.69) is 18.7 Å². The largest absolute Gasteiger partial charge is 0.389 e. The standard InChI is InChI=1S/C17H27NO3.ClH/c1-14(15-7-5-4-6-8-15)21-12-16(19)11-18-9-10-20-13-17(18,2)3;/h4-8,14,16,19H,9-13H2,1-3H3;1H. The molecule has 0 aromatic heterocycles. The van der Waals surface area contributed by atoms with Crippen molar-refractivity contribution >= 4 is 12.4 Å². The van der Waals surface area contributed by atoms with E-state index in [1.807, 2.05) is 37.3 Å². The summed E-state index contributed by atoms with van der Waals surface area (Å²) in [4.78, 5) is 2.28. The zero-order valence-electron chi connectivity index (χ0n) is 13.7. The van der Waals surface area contributed by atoms with Crippen LogP contribution in [0.15, 0.2) is 30.3 Å². The van der Waals surface area contributed by atoms with Gasteiger partial charge in [-0.25, -0.2) is 0 Å². The van der Waals surface area contributed by atoms with Crippen LogP contribution in [0.2, 0.25) is 0 Å². The Morgan fingerprint density at radius 2 is 2.00 bits per heavy atom. The molecule has 0 aliphatic carbocycles. The second-order valence-electron chi connectivity index (χ2n) is 6.35. The molecule has 0 amide bonds. The van der Waals surface area contributed by atoms with Crippen LogP contribution in [0.1, 0.15) is 32.4 Å².